The number of anilines is 1. The summed E-state index contributed by atoms with van der Waals surface area (Å²) in [5, 5.41) is 4.57. The fraction of sp³-hybridized carbons (Fsp3) is 0.333. The Labute approximate surface area is 198 Å². The smallest absolute Gasteiger partial charge is 0.225 e. The van der Waals surface area contributed by atoms with Crippen LogP contribution in [0.25, 0.3) is 10.6 Å². The monoisotopic (exact) mass is 535 g/mol. The fourth-order valence-electron chi connectivity index (χ4n) is 3.36. The van der Waals surface area contributed by atoms with Crippen LogP contribution in [0.4, 0.5) is 5.95 Å². The van der Waals surface area contributed by atoms with Crippen molar-refractivity contribution in [1.82, 2.24) is 25.2 Å². The lowest BCUT2D eigenvalue weighted by atomic mass is 10.2. The quantitative estimate of drug-likeness (QED) is 0.314. The molecule has 9 heteroatoms. The third kappa shape index (κ3) is 5.25. The average Bonchev–Trinajstić information content (AvgIpc) is 3.16. The predicted octanol–water partition coefficient (Wildman–Crippen LogP) is 3.42. The van der Waals surface area contributed by atoms with Crippen LogP contribution in [0.2, 0.25) is 0 Å². The van der Waals surface area contributed by atoms with Gasteiger partial charge in [0.2, 0.25) is 5.95 Å². The van der Waals surface area contributed by atoms with E-state index in [1.807, 2.05) is 31.3 Å². The van der Waals surface area contributed by atoms with Crippen LogP contribution in [0.15, 0.2) is 53.8 Å². The Morgan fingerprint density at radius 1 is 1.07 bits per heavy atom. The van der Waals surface area contributed by atoms with Crippen molar-refractivity contribution in [3.8, 4) is 10.6 Å². The molecule has 0 spiro atoms. The van der Waals surface area contributed by atoms with Crippen molar-refractivity contribution in [3.63, 3.8) is 0 Å². The molecule has 4 rings (SSSR count). The first kappa shape index (κ1) is 22.4. The highest BCUT2D eigenvalue weighted by molar-refractivity contribution is 14.0. The summed E-state index contributed by atoms with van der Waals surface area (Å²) in [6.45, 7) is 6.32. The van der Waals surface area contributed by atoms with Crippen LogP contribution in [0.3, 0.4) is 0 Å². The molecule has 2 aromatic heterocycles. The maximum atomic E-state index is 4.75. The van der Waals surface area contributed by atoms with Gasteiger partial charge in [0.05, 0.1) is 12.2 Å². The number of rotatable bonds is 4. The van der Waals surface area contributed by atoms with Crippen LogP contribution in [0.1, 0.15) is 10.6 Å². The van der Waals surface area contributed by atoms with Crippen LogP contribution in [0, 0.1) is 6.92 Å². The summed E-state index contributed by atoms with van der Waals surface area (Å²) >= 11 is 1.74. The zero-order valence-electron chi connectivity index (χ0n) is 17.2. The molecule has 1 aliphatic heterocycles. The van der Waals surface area contributed by atoms with Crippen LogP contribution < -0.4 is 10.2 Å². The van der Waals surface area contributed by atoms with E-state index in [1.54, 1.807) is 23.7 Å². The van der Waals surface area contributed by atoms with E-state index in [4.69, 9.17) is 4.98 Å². The van der Waals surface area contributed by atoms with Crippen molar-refractivity contribution in [2.24, 2.45) is 4.99 Å². The number of aryl methyl sites for hydroxylation is 1. The molecule has 7 nitrogen and oxygen atoms in total. The largest absolute Gasteiger partial charge is 0.351 e. The zero-order valence-corrected chi connectivity index (χ0v) is 20.3. The maximum Gasteiger partial charge on any atom is 0.225 e. The SMILES string of the molecule is CN=C(NCc1sc(-c2ccccc2)nc1C)N1CCN(c2ncccn2)CC1.I. The number of halogens is 1. The van der Waals surface area contributed by atoms with E-state index in [0.717, 1.165) is 60.9 Å². The van der Waals surface area contributed by atoms with Crippen molar-refractivity contribution in [3.05, 3.63) is 59.4 Å². The number of benzene rings is 1. The van der Waals surface area contributed by atoms with E-state index in [1.165, 1.54) is 4.88 Å². The molecular formula is C21H26IN7S. The molecule has 0 saturated carbocycles. The van der Waals surface area contributed by atoms with E-state index in [-0.39, 0.29) is 24.0 Å². The molecule has 1 aliphatic rings. The predicted molar refractivity (Wildman–Crippen MR) is 134 cm³/mol. The molecule has 0 aliphatic carbocycles. The molecule has 1 N–H and O–H groups in total. The summed E-state index contributed by atoms with van der Waals surface area (Å²) < 4.78 is 0. The van der Waals surface area contributed by atoms with Crippen molar-refractivity contribution in [1.29, 1.82) is 0 Å². The van der Waals surface area contributed by atoms with Crippen LogP contribution in [0.5, 0.6) is 0 Å². The molecule has 0 atom stereocenters. The minimum absolute atomic E-state index is 0. The van der Waals surface area contributed by atoms with Gasteiger partial charge in [-0.25, -0.2) is 15.0 Å². The van der Waals surface area contributed by atoms with E-state index in [0.29, 0.717) is 0 Å². The molecule has 1 aromatic carbocycles. The van der Waals surface area contributed by atoms with E-state index in [2.05, 4.69) is 49.1 Å². The van der Waals surface area contributed by atoms with Crippen LogP contribution >= 0.6 is 35.3 Å². The number of hydrogen-bond acceptors (Lipinski definition) is 6. The number of thiazole rings is 1. The minimum Gasteiger partial charge on any atom is -0.351 e. The Hall–Kier alpha value is -2.27. The summed E-state index contributed by atoms with van der Waals surface area (Å²) in [6, 6.07) is 12.2. The summed E-state index contributed by atoms with van der Waals surface area (Å²) in [6.07, 6.45) is 3.58. The van der Waals surface area contributed by atoms with Gasteiger partial charge in [-0.2, -0.15) is 0 Å². The second-order valence-corrected chi connectivity index (χ2v) is 7.90. The maximum absolute atomic E-state index is 4.75. The number of piperazine rings is 1. The standard InChI is InChI=1S/C21H25N7S.HI/c1-16-18(29-19(26-16)17-7-4-3-5-8-17)15-25-20(22-2)27-11-13-28(14-12-27)21-23-9-6-10-24-21;/h3-10H,11-15H2,1-2H3,(H,22,25);1H. The van der Waals surface area contributed by atoms with Gasteiger partial charge < -0.3 is 15.1 Å². The Morgan fingerprint density at radius 2 is 1.77 bits per heavy atom. The molecule has 158 valence electrons. The molecule has 1 saturated heterocycles. The number of guanidine groups is 1. The highest BCUT2D eigenvalue weighted by Crippen LogP contribution is 2.27. The zero-order chi connectivity index (χ0) is 20.1. The summed E-state index contributed by atoms with van der Waals surface area (Å²) in [4.78, 5) is 23.7. The van der Waals surface area contributed by atoms with Gasteiger partial charge in [-0.05, 0) is 13.0 Å². The highest BCUT2D eigenvalue weighted by Gasteiger charge is 2.21. The van der Waals surface area contributed by atoms with Crippen molar-refractivity contribution < 1.29 is 0 Å². The summed E-state index contributed by atoms with van der Waals surface area (Å²) in [5.74, 6) is 1.72. The fourth-order valence-corrected chi connectivity index (χ4v) is 4.37. The highest BCUT2D eigenvalue weighted by atomic mass is 127. The second kappa shape index (κ2) is 10.7. The molecular weight excluding hydrogens is 509 g/mol. The topological polar surface area (TPSA) is 69.5 Å². The van der Waals surface area contributed by atoms with Gasteiger partial charge in [-0.1, -0.05) is 30.3 Å². The van der Waals surface area contributed by atoms with Crippen molar-refractivity contribution in [2.45, 2.75) is 13.5 Å². The summed E-state index contributed by atoms with van der Waals surface area (Å²) in [5.41, 5.74) is 2.23. The van der Waals surface area contributed by atoms with Crippen molar-refractivity contribution >= 4 is 47.2 Å². The van der Waals surface area contributed by atoms with Gasteiger partial charge in [0.1, 0.15) is 5.01 Å². The number of hydrogen-bond donors (Lipinski definition) is 1. The van der Waals surface area contributed by atoms with Gasteiger partial charge in [0.15, 0.2) is 5.96 Å². The van der Waals surface area contributed by atoms with Gasteiger partial charge in [0, 0.05) is 56.1 Å². The first-order valence-electron chi connectivity index (χ1n) is 9.74. The van der Waals surface area contributed by atoms with Gasteiger partial charge in [-0.3, -0.25) is 4.99 Å². The molecule has 0 bridgehead atoms. The van der Waals surface area contributed by atoms with Gasteiger partial charge in [0.25, 0.3) is 0 Å². The molecule has 0 unspecified atom stereocenters. The Bertz CT molecular complexity index is 954. The third-order valence-electron chi connectivity index (χ3n) is 4.95. The number of nitrogens with zero attached hydrogens (tertiary/aromatic N) is 6. The van der Waals surface area contributed by atoms with E-state index in [9.17, 15) is 0 Å². The Balaban J connectivity index is 0.00000256. The molecule has 3 aromatic rings. The Morgan fingerprint density at radius 3 is 2.43 bits per heavy atom. The molecule has 0 amide bonds. The van der Waals surface area contributed by atoms with Gasteiger partial charge >= 0.3 is 0 Å². The van der Waals surface area contributed by atoms with Crippen LogP contribution in [-0.4, -0.2) is 59.0 Å². The number of aliphatic imine (C=N–C) groups is 1. The average molecular weight is 535 g/mol. The number of nitrogens with one attached hydrogen (secondary N) is 1. The first-order valence-corrected chi connectivity index (χ1v) is 10.6. The summed E-state index contributed by atoms with van der Waals surface area (Å²) in [7, 11) is 1.84. The van der Waals surface area contributed by atoms with Crippen molar-refractivity contribution in [2.75, 3.05) is 38.1 Å². The lowest BCUT2D eigenvalue weighted by molar-refractivity contribution is 0.370. The van der Waals surface area contributed by atoms with Gasteiger partial charge in [-0.15, -0.1) is 35.3 Å². The third-order valence-corrected chi connectivity index (χ3v) is 6.15. The minimum atomic E-state index is 0. The molecule has 1 fully saturated rings. The molecule has 0 radical (unpaired) electrons. The molecule has 30 heavy (non-hydrogen) atoms. The second-order valence-electron chi connectivity index (χ2n) is 6.82. The number of aromatic nitrogens is 3. The first-order chi connectivity index (χ1) is 14.2. The lowest BCUT2D eigenvalue weighted by Gasteiger charge is -2.36. The Kier molecular flexibility index (Phi) is 7.97. The van der Waals surface area contributed by atoms with E-state index >= 15 is 0 Å². The lowest BCUT2D eigenvalue weighted by Crippen LogP contribution is -2.52. The van der Waals surface area contributed by atoms with E-state index < -0.39 is 0 Å². The van der Waals surface area contributed by atoms with Crippen LogP contribution in [-0.2, 0) is 6.54 Å². The normalized spacial score (nSPS) is 14.4. The molecule has 3 heterocycles.